The van der Waals surface area contributed by atoms with E-state index >= 15 is 0 Å². The van der Waals surface area contributed by atoms with Crippen molar-refractivity contribution in [2.45, 2.75) is 39.5 Å². The second-order valence-corrected chi connectivity index (χ2v) is 6.46. The van der Waals surface area contributed by atoms with Crippen molar-refractivity contribution in [2.75, 3.05) is 6.61 Å². The van der Waals surface area contributed by atoms with Gasteiger partial charge in [0, 0.05) is 36.2 Å². The van der Waals surface area contributed by atoms with Crippen molar-refractivity contribution in [3.63, 3.8) is 0 Å². The average molecular weight is 413 g/mol. The number of carbonyl (C=O) groups is 1. The van der Waals surface area contributed by atoms with Gasteiger partial charge in [0.25, 0.3) is 5.91 Å². The summed E-state index contributed by atoms with van der Waals surface area (Å²) in [7, 11) is 0. The molecule has 0 radical (unpaired) electrons. The molecule has 156 valence electrons. The minimum Gasteiger partial charge on any atom is -0.494 e. The molecule has 3 rings (SSSR count). The maximum atomic E-state index is 14.1. The molecule has 9 heteroatoms. The minimum atomic E-state index is -3.24. The molecule has 0 aromatic heterocycles. The lowest BCUT2D eigenvalue weighted by Gasteiger charge is -2.14. The number of rotatable bonds is 7. The average Bonchev–Trinajstić information content (AvgIpc) is 2.97. The molecule has 1 atom stereocenters. The predicted molar refractivity (Wildman–Crippen MR) is 95.6 cm³/mol. The van der Waals surface area contributed by atoms with Crippen LogP contribution in [0, 0.1) is 11.6 Å². The Balaban J connectivity index is 1.78. The molecule has 2 aromatic carbocycles. The van der Waals surface area contributed by atoms with Crippen molar-refractivity contribution in [3.8, 4) is 17.2 Å². The fourth-order valence-corrected chi connectivity index (χ4v) is 3.11. The van der Waals surface area contributed by atoms with Gasteiger partial charge >= 0.3 is 6.61 Å². The molecule has 0 aliphatic carbocycles. The SMILES string of the molecule is CCOc1cc2c(cc1CNC(=O)c1c(F)cc(OC(F)F)cc1F)OC(C)C2. The first-order valence-electron chi connectivity index (χ1n) is 8.95. The molecule has 1 unspecified atom stereocenters. The Bertz CT molecular complexity index is 897. The van der Waals surface area contributed by atoms with Crippen LogP contribution in [0.5, 0.6) is 17.2 Å². The molecule has 2 aromatic rings. The van der Waals surface area contributed by atoms with Gasteiger partial charge in [0.15, 0.2) is 0 Å². The van der Waals surface area contributed by atoms with Gasteiger partial charge in [0.05, 0.1) is 6.61 Å². The highest BCUT2D eigenvalue weighted by Crippen LogP contribution is 2.35. The van der Waals surface area contributed by atoms with Gasteiger partial charge in [-0.15, -0.1) is 0 Å². The molecule has 1 aliphatic rings. The molecular weight excluding hydrogens is 394 g/mol. The summed E-state index contributed by atoms with van der Waals surface area (Å²) in [5.74, 6) is -3.18. The van der Waals surface area contributed by atoms with Crippen LogP contribution in [0.15, 0.2) is 24.3 Å². The maximum Gasteiger partial charge on any atom is 0.387 e. The molecule has 0 bridgehead atoms. The number of halogens is 4. The molecule has 1 N–H and O–H groups in total. The fraction of sp³-hybridized carbons (Fsp3) is 0.350. The topological polar surface area (TPSA) is 56.8 Å². The standard InChI is InChI=1S/C20H19F4NO4/c1-3-27-16-5-11-4-10(2)28-17(11)6-12(16)9-25-19(26)18-14(21)7-13(8-15(18)22)29-20(23)24/h5-8,10,20H,3-4,9H2,1-2H3,(H,25,26). The van der Waals surface area contributed by atoms with Crippen molar-refractivity contribution in [2.24, 2.45) is 0 Å². The summed E-state index contributed by atoms with van der Waals surface area (Å²) in [6.07, 6.45) is 0.743. The number of hydrogen-bond acceptors (Lipinski definition) is 4. The summed E-state index contributed by atoms with van der Waals surface area (Å²) in [5.41, 5.74) is 0.657. The van der Waals surface area contributed by atoms with Crippen LogP contribution in [0.2, 0.25) is 0 Å². The third kappa shape index (κ3) is 4.72. The summed E-state index contributed by atoms with van der Waals surface area (Å²) in [6, 6.07) is 4.60. The van der Waals surface area contributed by atoms with Gasteiger partial charge < -0.3 is 19.5 Å². The zero-order chi connectivity index (χ0) is 21.1. The quantitative estimate of drug-likeness (QED) is 0.691. The van der Waals surface area contributed by atoms with Crippen molar-refractivity contribution >= 4 is 5.91 Å². The van der Waals surface area contributed by atoms with Gasteiger partial charge in [-0.3, -0.25) is 4.79 Å². The normalized spacial score (nSPS) is 15.1. The molecule has 1 amide bonds. The summed E-state index contributed by atoms with van der Waals surface area (Å²) >= 11 is 0. The van der Waals surface area contributed by atoms with E-state index in [-0.39, 0.29) is 12.6 Å². The Morgan fingerprint density at radius 1 is 1.24 bits per heavy atom. The van der Waals surface area contributed by atoms with Crippen LogP contribution in [-0.4, -0.2) is 25.2 Å². The lowest BCUT2D eigenvalue weighted by molar-refractivity contribution is -0.0501. The zero-order valence-electron chi connectivity index (χ0n) is 15.7. The van der Waals surface area contributed by atoms with E-state index in [0.29, 0.717) is 35.8 Å². The van der Waals surface area contributed by atoms with Crippen LogP contribution < -0.4 is 19.5 Å². The van der Waals surface area contributed by atoms with Gasteiger partial charge in [0.2, 0.25) is 0 Å². The second-order valence-electron chi connectivity index (χ2n) is 6.46. The number of ether oxygens (including phenoxy) is 3. The second kappa shape index (κ2) is 8.59. The van der Waals surface area contributed by atoms with Crippen LogP contribution >= 0.6 is 0 Å². The van der Waals surface area contributed by atoms with E-state index in [4.69, 9.17) is 9.47 Å². The number of amides is 1. The van der Waals surface area contributed by atoms with Crippen molar-refractivity contribution in [3.05, 3.63) is 52.6 Å². The van der Waals surface area contributed by atoms with Crippen LogP contribution in [0.1, 0.15) is 35.3 Å². The first kappa shape index (κ1) is 20.8. The van der Waals surface area contributed by atoms with E-state index in [1.807, 2.05) is 19.9 Å². The van der Waals surface area contributed by atoms with Gasteiger partial charge in [-0.25, -0.2) is 8.78 Å². The lowest BCUT2D eigenvalue weighted by Crippen LogP contribution is -2.25. The Kier molecular flexibility index (Phi) is 6.14. The van der Waals surface area contributed by atoms with Crippen molar-refractivity contribution in [1.82, 2.24) is 5.32 Å². The molecule has 5 nitrogen and oxygen atoms in total. The number of hydrogen-bond donors (Lipinski definition) is 1. The smallest absolute Gasteiger partial charge is 0.387 e. The third-order valence-electron chi connectivity index (χ3n) is 4.29. The van der Waals surface area contributed by atoms with E-state index < -0.39 is 35.5 Å². The summed E-state index contributed by atoms with van der Waals surface area (Å²) in [6.45, 7) is 0.811. The summed E-state index contributed by atoms with van der Waals surface area (Å²) in [4.78, 5) is 12.3. The van der Waals surface area contributed by atoms with Gasteiger partial charge in [0.1, 0.15) is 40.6 Å². The van der Waals surface area contributed by atoms with Crippen molar-refractivity contribution in [1.29, 1.82) is 0 Å². The number of benzene rings is 2. The van der Waals surface area contributed by atoms with Gasteiger partial charge in [-0.1, -0.05) is 0 Å². The van der Waals surface area contributed by atoms with E-state index in [1.165, 1.54) is 0 Å². The molecule has 1 aliphatic heterocycles. The number of alkyl halides is 2. The summed E-state index contributed by atoms with van der Waals surface area (Å²) in [5, 5.41) is 2.41. The van der Waals surface area contributed by atoms with Crippen LogP contribution in [0.25, 0.3) is 0 Å². The molecule has 0 fully saturated rings. The van der Waals surface area contributed by atoms with Crippen LogP contribution in [-0.2, 0) is 13.0 Å². The monoisotopic (exact) mass is 413 g/mol. The van der Waals surface area contributed by atoms with E-state index in [2.05, 4.69) is 10.1 Å². The minimum absolute atomic E-state index is 0.0153. The number of fused-ring (bicyclic) bond motifs is 1. The molecule has 29 heavy (non-hydrogen) atoms. The largest absolute Gasteiger partial charge is 0.494 e. The molecule has 0 saturated carbocycles. The Labute approximate surface area is 164 Å². The molecule has 1 heterocycles. The first-order chi connectivity index (χ1) is 13.8. The fourth-order valence-electron chi connectivity index (χ4n) is 3.11. The van der Waals surface area contributed by atoms with E-state index in [1.54, 1.807) is 6.07 Å². The maximum absolute atomic E-state index is 14.1. The summed E-state index contributed by atoms with van der Waals surface area (Å²) < 4.78 is 67.8. The predicted octanol–water partition coefficient (Wildman–Crippen LogP) is 4.22. The highest BCUT2D eigenvalue weighted by atomic mass is 19.3. The van der Waals surface area contributed by atoms with E-state index in [0.717, 1.165) is 12.0 Å². The highest BCUT2D eigenvalue weighted by molar-refractivity contribution is 5.94. The van der Waals surface area contributed by atoms with E-state index in [9.17, 15) is 22.4 Å². The van der Waals surface area contributed by atoms with Gasteiger partial charge in [-0.2, -0.15) is 8.78 Å². The van der Waals surface area contributed by atoms with Gasteiger partial charge in [-0.05, 0) is 26.0 Å². The Morgan fingerprint density at radius 2 is 1.93 bits per heavy atom. The molecule has 0 saturated heterocycles. The van der Waals surface area contributed by atoms with Crippen LogP contribution in [0.4, 0.5) is 17.6 Å². The highest BCUT2D eigenvalue weighted by Gasteiger charge is 2.24. The third-order valence-corrected chi connectivity index (χ3v) is 4.29. The molecule has 0 spiro atoms. The zero-order valence-corrected chi connectivity index (χ0v) is 15.7. The first-order valence-corrected chi connectivity index (χ1v) is 8.95. The van der Waals surface area contributed by atoms with Crippen molar-refractivity contribution < 1.29 is 36.6 Å². The Hall–Kier alpha value is -2.97. The number of nitrogens with one attached hydrogen (secondary N) is 1. The Morgan fingerprint density at radius 3 is 2.55 bits per heavy atom. The number of carbonyl (C=O) groups excluding carboxylic acids is 1. The van der Waals surface area contributed by atoms with Crippen LogP contribution in [0.3, 0.4) is 0 Å². The lowest BCUT2D eigenvalue weighted by atomic mass is 10.1. The molecular formula is C20H19F4NO4.